The van der Waals surface area contributed by atoms with Crippen LogP contribution in [0.2, 0.25) is 0 Å². The molecular weight excluding hydrogens is 178 g/mol. The lowest BCUT2D eigenvalue weighted by atomic mass is 10.1. The molecule has 0 saturated carbocycles. The zero-order chi connectivity index (χ0) is 9.68. The minimum atomic E-state index is 0.530. The van der Waals surface area contributed by atoms with E-state index in [0.29, 0.717) is 5.92 Å². The van der Waals surface area contributed by atoms with Crippen molar-refractivity contribution in [2.45, 2.75) is 38.1 Å². The summed E-state index contributed by atoms with van der Waals surface area (Å²) in [6.07, 6.45) is 1.21. The van der Waals surface area contributed by atoms with Gasteiger partial charge in [0.25, 0.3) is 0 Å². The van der Waals surface area contributed by atoms with Gasteiger partial charge in [-0.3, -0.25) is 0 Å². The van der Waals surface area contributed by atoms with Crippen molar-refractivity contribution in [1.82, 2.24) is 4.98 Å². The number of thioether (sulfide) groups is 1. The molecule has 1 aromatic heterocycles. The zero-order valence-electron chi connectivity index (χ0n) is 8.58. The standard InChI is InChI=1S/C11H17NS/c1-4-8-13-11-7-5-6-10(12-11)9(2)3/h5-7,9H,4,8H2,1-3H3. The van der Waals surface area contributed by atoms with Crippen LogP contribution < -0.4 is 0 Å². The van der Waals surface area contributed by atoms with Gasteiger partial charge in [0.1, 0.15) is 0 Å². The van der Waals surface area contributed by atoms with Crippen molar-refractivity contribution in [2.75, 3.05) is 5.75 Å². The van der Waals surface area contributed by atoms with Gasteiger partial charge < -0.3 is 0 Å². The van der Waals surface area contributed by atoms with Gasteiger partial charge >= 0.3 is 0 Å². The maximum Gasteiger partial charge on any atom is 0.0963 e. The van der Waals surface area contributed by atoms with E-state index < -0.39 is 0 Å². The summed E-state index contributed by atoms with van der Waals surface area (Å²) in [5.41, 5.74) is 1.20. The molecule has 1 rings (SSSR count). The Balaban J connectivity index is 2.68. The van der Waals surface area contributed by atoms with Crippen LogP contribution in [-0.4, -0.2) is 10.7 Å². The predicted octanol–water partition coefficient (Wildman–Crippen LogP) is 3.71. The average Bonchev–Trinajstić information content (AvgIpc) is 2.15. The summed E-state index contributed by atoms with van der Waals surface area (Å²) in [5, 5.41) is 1.16. The molecule has 0 bridgehead atoms. The fraction of sp³-hybridized carbons (Fsp3) is 0.545. The second-order valence-electron chi connectivity index (χ2n) is 3.40. The van der Waals surface area contributed by atoms with Gasteiger partial charge in [-0.1, -0.05) is 26.8 Å². The highest BCUT2D eigenvalue weighted by Gasteiger charge is 2.01. The van der Waals surface area contributed by atoms with E-state index in [-0.39, 0.29) is 0 Å². The Kier molecular flexibility index (Phi) is 4.29. The summed E-state index contributed by atoms with van der Waals surface area (Å²) in [5.74, 6) is 1.69. The first-order chi connectivity index (χ1) is 6.24. The van der Waals surface area contributed by atoms with Crippen LogP contribution in [0.3, 0.4) is 0 Å². The van der Waals surface area contributed by atoms with Crippen LogP contribution in [0.1, 0.15) is 38.8 Å². The lowest BCUT2D eigenvalue weighted by molar-refractivity contribution is 0.803. The first-order valence-corrected chi connectivity index (χ1v) is 5.82. The Morgan fingerprint density at radius 2 is 2.15 bits per heavy atom. The van der Waals surface area contributed by atoms with Crippen LogP contribution in [0, 0.1) is 0 Å². The molecule has 0 radical (unpaired) electrons. The van der Waals surface area contributed by atoms with Crippen LogP contribution in [0.15, 0.2) is 23.2 Å². The molecule has 0 aliphatic carbocycles. The van der Waals surface area contributed by atoms with Gasteiger partial charge in [0.05, 0.1) is 5.03 Å². The van der Waals surface area contributed by atoms with E-state index in [4.69, 9.17) is 0 Å². The van der Waals surface area contributed by atoms with Crippen LogP contribution in [0.25, 0.3) is 0 Å². The molecule has 1 aromatic rings. The van der Waals surface area contributed by atoms with E-state index in [1.54, 1.807) is 0 Å². The fourth-order valence-electron chi connectivity index (χ4n) is 1.04. The maximum absolute atomic E-state index is 4.57. The second-order valence-corrected chi connectivity index (χ2v) is 4.52. The molecule has 0 amide bonds. The van der Waals surface area contributed by atoms with E-state index in [0.717, 1.165) is 10.8 Å². The summed E-state index contributed by atoms with van der Waals surface area (Å²) in [7, 11) is 0. The van der Waals surface area contributed by atoms with Crippen molar-refractivity contribution < 1.29 is 0 Å². The Bertz CT molecular complexity index is 258. The van der Waals surface area contributed by atoms with Gasteiger partial charge in [0, 0.05) is 5.69 Å². The number of rotatable bonds is 4. The predicted molar refractivity (Wildman–Crippen MR) is 59.3 cm³/mol. The minimum absolute atomic E-state index is 0.530. The molecule has 0 spiro atoms. The van der Waals surface area contributed by atoms with Crippen molar-refractivity contribution in [2.24, 2.45) is 0 Å². The molecule has 1 heterocycles. The topological polar surface area (TPSA) is 12.9 Å². The van der Waals surface area contributed by atoms with Crippen molar-refractivity contribution in [3.63, 3.8) is 0 Å². The van der Waals surface area contributed by atoms with Crippen molar-refractivity contribution in [3.05, 3.63) is 23.9 Å². The first kappa shape index (κ1) is 10.6. The number of hydrogen-bond acceptors (Lipinski definition) is 2. The van der Waals surface area contributed by atoms with Crippen LogP contribution in [0.4, 0.5) is 0 Å². The zero-order valence-corrected chi connectivity index (χ0v) is 9.40. The third-order valence-corrected chi connectivity index (χ3v) is 2.93. The summed E-state index contributed by atoms with van der Waals surface area (Å²) < 4.78 is 0. The number of aromatic nitrogens is 1. The summed E-state index contributed by atoms with van der Waals surface area (Å²) in [4.78, 5) is 4.57. The van der Waals surface area contributed by atoms with Gasteiger partial charge in [-0.25, -0.2) is 4.98 Å². The smallest absolute Gasteiger partial charge is 0.0963 e. The number of pyridine rings is 1. The molecule has 0 fully saturated rings. The van der Waals surface area contributed by atoms with Crippen molar-refractivity contribution in [3.8, 4) is 0 Å². The number of nitrogens with zero attached hydrogens (tertiary/aromatic N) is 1. The Hall–Kier alpha value is -0.500. The molecule has 0 saturated heterocycles. The lowest BCUT2D eigenvalue weighted by Crippen LogP contribution is -1.93. The highest BCUT2D eigenvalue weighted by Crippen LogP contribution is 2.19. The molecule has 13 heavy (non-hydrogen) atoms. The minimum Gasteiger partial charge on any atom is -0.246 e. The average molecular weight is 195 g/mol. The van der Waals surface area contributed by atoms with Gasteiger partial charge in [0.2, 0.25) is 0 Å². The highest BCUT2D eigenvalue weighted by atomic mass is 32.2. The monoisotopic (exact) mass is 195 g/mol. The molecule has 0 aromatic carbocycles. The Morgan fingerprint density at radius 1 is 1.38 bits per heavy atom. The molecule has 0 N–H and O–H groups in total. The van der Waals surface area contributed by atoms with E-state index in [1.165, 1.54) is 12.1 Å². The third-order valence-electron chi connectivity index (χ3n) is 1.79. The quantitative estimate of drug-likeness (QED) is 0.679. The van der Waals surface area contributed by atoms with Gasteiger partial charge in [-0.15, -0.1) is 11.8 Å². The summed E-state index contributed by atoms with van der Waals surface area (Å²) in [6, 6.07) is 6.28. The van der Waals surface area contributed by atoms with E-state index in [1.807, 2.05) is 11.8 Å². The molecular formula is C11H17NS. The Morgan fingerprint density at radius 3 is 2.77 bits per heavy atom. The Labute approximate surface area is 85.0 Å². The summed E-state index contributed by atoms with van der Waals surface area (Å²) >= 11 is 1.84. The fourth-order valence-corrected chi connectivity index (χ4v) is 1.80. The van der Waals surface area contributed by atoms with Gasteiger partial charge in [-0.05, 0) is 30.2 Å². The molecule has 1 nitrogen and oxygen atoms in total. The molecule has 0 unspecified atom stereocenters. The first-order valence-electron chi connectivity index (χ1n) is 4.83. The van der Waals surface area contributed by atoms with Crippen LogP contribution in [-0.2, 0) is 0 Å². The number of hydrogen-bond donors (Lipinski definition) is 0. The maximum atomic E-state index is 4.57. The molecule has 0 aliphatic rings. The van der Waals surface area contributed by atoms with E-state index in [2.05, 4.69) is 44.0 Å². The van der Waals surface area contributed by atoms with Gasteiger partial charge in [-0.2, -0.15) is 0 Å². The molecule has 72 valence electrons. The molecule has 0 atom stereocenters. The largest absolute Gasteiger partial charge is 0.246 e. The lowest BCUT2D eigenvalue weighted by Gasteiger charge is -2.05. The third kappa shape index (κ3) is 3.39. The van der Waals surface area contributed by atoms with Gasteiger partial charge in [0.15, 0.2) is 0 Å². The summed E-state index contributed by atoms with van der Waals surface area (Å²) in [6.45, 7) is 6.55. The second kappa shape index (κ2) is 5.28. The SMILES string of the molecule is CCCSc1cccc(C(C)C)n1. The molecule has 2 heteroatoms. The normalized spacial score (nSPS) is 10.8. The van der Waals surface area contributed by atoms with E-state index in [9.17, 15) is 0 Å². The van der Waals surface area contributed by atoms with Crippen LogP contribution in [0.5, 0.6) is 0 Å². The highest BCUT2D eigenvalue weighted by molar-refractivity contribution is 7.99. The van der Waals surface area contributed by atoms with Crippen molar-refractivity contribution >= 4 is 11.8 Å². The van der Waals surface area contributed by atoms with E-state index >= 15 is 0 Å². The van der Waals surface area contributed by atoms with Crippen LogP contribution >= 0.6 is 11.8 Å². The molecule has 0 aliphatic heterocycles. The van der Waals surface area contributed by atoms with Crippen molar-refractivity contribution in [1.29, 1.82) is 0 Å².